The third-order valence-electron chi connectivity index (χ3n) is 2.78. The first-order chi connectivity index (χ1) is 8.35. The number of nitrogens with zero attached hydrogens (tertiary/aromatic N) is 1. The van der Waals surface area contributed by atoms with Crippen LogP contribution in [0, 0.1) is 0 Å². The summed E-state index contributed by atoms with van der Waals surface area (Å²) in [5.41, 5.74) is 3.72. The molecule has 2 heteroatoms. The Morgan fingerprint density at radius 3 is 2.06 bits per heavy atom. The molecule has 0 spiro atoms. The van der Waals surface area contributed by atoms with Crippen LogP contribution < -0.4 is 0 Å². The Morgan fingerprint density at radius 1 is 0.941 bits per heavy atom. The highest BCUT2D eigenvalue weighted by Gasteiger charge is 2.06. The van der Waals surface area contributed by atoms with Gasteiger partial charge in [0.25, 0.3) is 0 Å². The van der Waals surface area contributed by atoms with Crippen LogP contribution in [0.1, 0.15) is 23.6 Å². The standard InChI is InChI=1S/C15H15NO/c1-2-12-8-10-14(11-9-12)15(16-17)13-6-4-3-5-7-13/h3-11,17H,2H2,1H3/b16-15+. The summed E-state index contributed by atoms with van der Waals surface area (Å²) in [5, 5.41) is 12.5. The summed E-state index contributed by atoms with van der Waals surface area (Å²) in [6, 6.07) is 17.8. The number of benzene rings is 2. The summed E-state index contributed by atoms with van der Waals surface area (Å²) in [4.78, 5) is 0. The highest BCUT2D eigenvalue weighted by Crippen LogP contribution is 2.12. The van der Waals surface area contributed by atoms with E-state index in [2.05, 4.69) is 24.2 Å². The van der Waals surface area contributed by atoms with Gasteiger partial charge in [-0.1, -0.05) is 66.7 Å². The largest absolute Gasteiger partial charge is 0.410 e. The van der Waals surface area contributed by atoms with Crippen molar-refractivity contribution >= 4 is 5.71 Å². The molecular weight excluding hydrogens is 210 g/mol. The molecule has 0 unspecified atom stereocenters. The van der Waals surface area contributed by atoms with E-state index in [0.29, 0.717) is 5.71 Å². The zero-order valence-corrected chi connectivity index (χ0v) is 9.80. The molecule has 0 radical (unpaired) electrons. The van der Waals surface area contributed by atoms with Gasteiger partial charge in [-0.25, -0.2) is 0 Å². The average molecular weight is 225 g/mol. The van der Waals surface area contributed by atoms with E-state index in [9.17, 15) is 0 Å². The fraction of sp³-hybridized carbons (Fsp3) is 0.133. The normalized spacial score (nSPS) is 11.5. The van der Waals surface area contributed by atoms with Crippen LogP contribution in [-0.4, -0.2) is 10.9 Å². The molecule has 86 valence electrons. The molecule has 1 N–H and O–H groups in total. The third-order valence-corrected chi connectivity index (χ3v) is 2.78. The van der Waals surface area contributed by atoms with E-state index >= 15 is 0 Å². The fourth-order valence-electron chi connectivity index (χ4n) is 1.78. The molecule has 0 aliphatic carbocycles. The maximum absolute atomic E-state index is 9.15. The molecule has 0 aromatic heterocycles. The van der Waals surface area contributed by atoms with Gasteiger partial charge in [-0.05, 0) is 12.0 Å². The second-order valence-electron chi connectivity index (χ2n) is 3.87. The summed E-state index contributed by atoms with van der Waals surface area (Å²) >= 11 is 0. The first-order valence-corrected chi connectivity index (χ1v) is 5.72. The minimum absolute atomic E-state index is 0.605. The smallest absolute Gasteiger partial charge is 0.117 e. The molecule has 17 heavy (non-hydrogen) atoms. The predicted octanol–water partition coefficient (Wildman–Crippen LogP) is 3.48. The van der Waals surface area contributed by atoms with Crippen molar-refractivity contribution in [3.63, 3.8) is 0 Å². The van der Waals surface area contributed by atoms with E-state index in [1.165, 1.54) is 5.56 Å². The van der Waals surface area contributed by atoms with Gasteiger partial charge in [-0.15, -0.1) is 0 Å². The van der Waals surface area contributed by atoms with Crippen LogP contribution in [0.4, 0.5) is 0 Å². The van der Waals surface area contributed by atoms with Crippen molar-refractivity contribution in [1.82, 2.24) is 0 Å². The van der Waals surface area contributed by atoms with E-state index in [1.54, 1.807) is 0 Å². The van der Waals surface area contributed by atoms with E-state index < -0.39 is 0 Å². The zero-order chi connectivity index (χ0) is 12.1. The molecule has 0 aliphatic heterocycles. The molecule has 0 aliphatic rings. The van der Waals surface area contributed by atoms with Crippen molar-refractivity contribution in [2.75, 3.05) is 0 Å². The van der Waals surface area contributed by atoms with Crippen LogP contribution >= 0.6 is 0 Å². The topological polar surface area (TPSA) is 32.6 Å². The SMILES string of the molecule is CCc1ccc(/C(=N/O)c2ccccc2)cc1. The second-order valence-corrected chi connectivity index (χ2v) is 3.87. The number of aryl methyl sites for hydroxylation is 1. The predicted molar refractivity (Wildman–Crippen MR) is 69.7 cm³/mol. The van der Waals surface area contributed by atoms with Crippen molar-refractivity contribution in [1.29, 1.82) is 0 Å². The molecule has 0 amide bonds. The van der Waals surface area contributed by atoms with Gasteiger partial charge >= 0.3 is 0 Å². The van der Waals surface area contributed by atoms with Gasteiger partial charge in [0.1, 0.15) is 5.71 Å². The summed E-state index contributed by atoms with van der Waals surface area (Å²) in [6.45, 7) is 2.12. The lowest BCUT2D eigenvalue weighted by Gasteiger charge is -2.05. The van der Waals surface area contributed by atoms with E-state index in [0.717, 1.165) is 17.5 Å². The molecule has 2 rings (SSSR count). The Labute approximate surface area is 101 Å². The first-order valence-electron chi connectivity index (χ1n) is 5.72. The van der Waals surface area contributed by atoms with E-state index in [-0.39, 0.29) is 0 Å². The second kappa shape index (κ2) is 5.30. The van der Waals surface area contributed by atoms with Gasteiger partial charge in [0.05, 0.1) is 0 Å². The molecule has 2 nitrogen and oxygen atoms in total. The zero-order valence-electron chi connectivity index (χ0n) is 9.80. The maximum atomic E-state index is 9.15. The van der Waals surface area contributed by atoms with Crippen molar-refractivity contribution in [3.8, 4) is 0 Å². The molecule has 0 fully saturated rings. The lowest BCUT2D eigenvalue weighted by atomic mass is 10.0. The third kappa shape index (κ3) is 2.53. The molecule has 2 aromatic carbocycles. The highest BCUT2D eigenvalue weighted by atomic mass is 16.4. The van der Waals surface area contributed by atoms with Crippen molar-refractivity contribution < 1.29 is 5.21 Å². The first kappa shape index (κ1) is 11.4. The summed E-state index contributed by atoms with van der Waals surface area (Å²) < 4.78 is 0. The fourth-order valence-corrected chi connectivity index (χ4v) is 1.78. The van der Waals surface area contributed by atoms with Gasteiger partial charge in [-0.2, -0.15) is 0 Å². The molecule has 0 atom stereocenters. The quantitative estimate of drug-likeness (QED) is 0.484. The minimum Gasteiger partial charge on any atom is -0.410 e. The van der Waals surface area contributed by atoms with Gasteiger partial charge in [0.15, 0.2) is 0 Å². The van der Waals surface area contributed by atoms with E-state index in [4.69, 9.17) is 5.21 Å². The van der Waals surface area contributed by atoms with Gasteiger partial charge in [0, 0.05) is 11.1 Å². The summed E-state index contributed by atoms with van der Waals surface area (Å²) in [7, 11) is 0. The Morgan fingerprint density at radius 2 is 1.53 bits per heavy atom. The highest BCUT2D eigenvalue weighted by molar-refractivity contribution is 6.12. The number of oxime groups is 1. The molecule has 0 bridgehead atoms. The van der Waals surface area contributed by atoms with Gasteiger partial charge in [0.2, 0.25) is 0 Å². The van der Waals surface area contributed by atoms with Crippen LogP contribution in [-0.2, 0) is 6.42 Å². The molecular formula is C15H15NO. The van der Waals surface area contributed by atoms with E-state index in [1.807, 2.05) is 42.5 Å². The minimum atomic E-state index is 0.605. The van der Waals surface area contributed by atoms with Gasteiger partial charge in [-0.3, -0.25) is 0 Å². The molecule has 0 saturated carbocycles. The average Bonchev–Trinajstić information content (AvgIpc) is 2.42. The number of rotatable bonds is 3. The maximum Gasteiger partial charge on any atom is 0.117 e. The lowest BCUT2D eigenvalue weighted by Crippen LogP contribution is -2.03. The number of hydrogen-bond donors (Lipinski definition) is 1. The van der Waals surface area contributed by atoms with Crippen LogP contribution in [0.25, 0.3) is 0 Å². The summed E-state index contributed by atoms with van der Waals surface area (Å²) in [6.07, 6.45) is 1.01. The van der Waals surface area contributed by atoms with Crippen molar-refractivity contribution in [3.05, 3.63) is 71.3 Å². The summed E-state index contributed by atoms with van der Waals surface area (Å²) in [5.74, 6) is 0. The molecule has 0 saturated heterocycles. The Bertz CT molecular complexity index is 500. The lowest BCUT2D eigenvalue weighted by molar-refractivity contribution is 0.319. The van der Waals surface area contributed by atoms with Crippen molar-refractivity contribution in [2.45, 2.75) is 13.3 Å². The Balaban J connectivity index is 2.37. The molecule has 0 heterocycles. The van der Waals surface area contributed by atoms with Crippen molar-refractivity contribution in [2.24, 2.45) is 5.16 Å². The van der Waals surface area contributed by atoms with Gasteiger partial charge < -0.3 is 5.21 Å². The monoisotopic (exact) mass is 225 g/mol. The van der Waals surface area contributed by atoms with Crippen LogP contribution in [0.15, 0.2) is 59.8 Å². The Hall–Kier alpha value is -2.09. The van der Waals surface area contributed by atoms with Crippen LogP contribution in [0.5, 0.6) is 0 Å². The Kier molecular flexibility index (Phi) is 3.55. The molecule has 2 aromatic rings. The van der Waals surface area contributed by atoms with Crippen LogP contribution in [0.2, 0.25) is 0 Å². The van der Waals surface area contributed by atoms with Crippen LogP contribution in [0.3, 0.4) is 0 Å². The number of hydrogen-bond acceptors (Lipinski definition) is 2.